The van der Waals surface area contributed by atoms with Crippen molar-refractivity contribution in [2.24, 2.45) is 17.0 Å². The number of benzene rings is 2. The zero-order chi connectivity index (χ0) is 39.8. The largest absolute Gasteiger partial charge is 1.00 e. The van der Waals surface area contributed by atoms with Gasteiger partial charge in [-0.2, -0.15) is 8.42 Å². The molecule has 2 aromatic rings. The van der Waals surface area contributed by atoms with E-state index in [4.69, 9.17) is 45.3 Å². The molecule has 6 rings (SSSR count). The van der Waals surface area contributed by atoms with Gasteiger partial charge in [-0.05, 0) is 98.2 Å². The minimum Gasteiger partial charge on any atom is -0.373 e. The maximum atomic E-state index is 13.3. The van der Waals surface area contributed by atoms with Gasteiger partial charge in [-0.25, -0.2) is 0 Å². The molecule has 2 atom stereocenters. The monoisotopic (exact) mass is 817 g/mol. The molecule has 2 aromatic carbocycles. The molecule has 54 heavy (non-hydrogen) atoms. The van der Waals surface area contributed by atoms with E-state index < -0.39 is 22.7 Å². The number of hydrogen-bond donors (Lipinski definition) is 0. The van der Waals surface area contributed by atoms with Gasteiger partial charge < -0.3 is 20.9 Å². The molecule has 0 spiro atoms. The zero-order valence-corrected chi connectivity index (χ0v) is 35.3. The number of amides is 2. The second-order valence-electron chi connectivity index (χ2n) is 13.9. The summed E-state index contributed by atoms with van der Waals surface area (Å²) in [5.41, 5.74) is 23.3. The first kappa shape index (κ1) is 45.8. The van der Waals surface area contributed by atoms with E-state index in [-0.39, 0.29) is 65.2 Å². The first-order valence-electron chi connectivity index (χ1n) is 18.3. The summed E-state index contributed by atoms with van der Waals surface area (Å²) >= 11 is 12.0. The summed E-state index contributed by atoms with van der Waals surface area (Å²) in [6.45, 7) is 3.42. The molecule has 4 fully saturated rings. The summed E-state index contributed by atoms with van der Waals surface area (Å²) in [7, 11) is -4.45. The van der Waals surface area contributed by atoms with Crippen LogP contribution in [0.2, 0.25) is 10.0 Å². The maximum absolute atomic E-state index is 13.3. The van der Waals surface area contributed by atoms with E-state index in [1.165, 1.54) is 4.91 Å². The summed E-state index contributed by atoms with van der Waals surface area (Å²) in [4.78, 5) is 34.7. The fourth-order valence-electron chi connectivity index (χ4n) is 7.61. The summed E-state index contributed by atoms with van der Waals surface area (Å²) < 4.78 is 42.8. The molecule has 2 aliphatic heterocycles. The van der Waals surface area contributed by atoms with Crippen LogP contribution in [0.5, 0.6) is 0 Å². The number of piperidine rings is 2. The number of alkyl halides is 1. The Morgan fingerprint density at radius 3 is 1.59 bits per heavy atom. The number of azide groups is 1. The van der Waals surface area contributed by atoms with Gasteiger partial charge in [-0.1, -0.05) is 65.4 Å². The third kappa shape index (κ3) is 12.7. The van der Waals surface area contributed by atoms with Crippen molar-refractivity contribution in [2.45, 2.75) is 75.0 Å². The van der Waals surface area contributed by atoms with Gasteiger partial charge in [0.1, 0.15) is 0 Å². The molecule has 18 heteroatoms. The first-order chi connectivity index (χ1) is 25.8. The Morgan fingerprint density at radius 1 is 0.852 bits per heavy atom. The third-order valence-corrected chi connectivity index (χ3v) is 11.6. The Kier molecular flexibility index (Phi) is 19.4. The van der Waals surface area contributed by atoms with Crippen molar-refractivity contribution in [1.29, 1.82) is 0 Å². The predicted molar refractivity (Wildman–Crippen MR) is 204 cm³/mol. The molecule has 0 unspecified atom stereocenters. The van der Waals surface area contributed by atoms with Gasteiger partial charge in [0.2, 0.25) is 11.8 Å². The fourth-order valence-corrected chi connectivity index (χ4v) is 8.30. The van der Waals surface area contributed by atoms with Crippen molar-refractivity contribution in [3.63, 3.8) is 0 Å². The summed E-state index contributed by atoms with van der Waals surface area (Å²) in [6, 6.07) is 15.3. The van der Waals surface area contributed by atoms with Gasteiger partial charge in [0, 0.05) is 53.6 Å². The molecule has 2 amide bonds. The van der Waals surface area contributed by atoms with Crippen LogP contribution in [0.1, 0.15) is 76.7 Å². The second kappa shape index (κ2) is 22.8. The van der Waals surface area contributed by atoms with E-state index in [0.29, 0.717) is 29.7 Å². The van der Waals surface area contributed by atoms with Crippen molar-refractivity contribution in [2.75, 3.05) is 52.7 Å². The molecule has 0 bridgehead atoms. The number of carbonyl (C=O) groups excluding carboxylic acids is 2. The molecule has 2 heterocycles. The molecule has 2 saturated heterocycles. The van der Waals surface area contributed by atoms with Crippen LogP contribution in [0.25, 0.3) is 26.4 Å². The topological polar surface area (TPSA) is 191 Å². The minimum absolute atomic E-state index is 0. The van der Waals surface area contributed by atoms with Crippen molar-refractivity contribution in [3.8, 4) is 0 Å². The van der Waals surface area contributed by atoms with Crippen LogP contribution in [0.15, 0.2) is 53.6 Å². The van der Waals surface area contributed by atoms with Crippen molar-refractivity contribution in [3.05, 3.63) is 96.1 Å². The molecule has 13 nitrogen and oxygen atoms in total. The SMILES string of the molecule is CS(=O)(=O)OC[C@@H]1CCCN(C(=O)C2(c3ccc(Cl)cc3)CCC2)C1.[2H]CF.[N-]=[N+]=NC[C@@H]1CCCN(C(=O)C2(c3ccc(Cl)cc3)CCC2)C1.[N-]=[N+]=[N-].[Na+]. The van der Waals surface area contributed by atoms with Crippen LogP contribution in [-0.4, -0.2) is 82.8 Å². The average Bonchev–Trinajstić information content (AvgIpc) is 3.11. The minimum atomic E-state index is -3.45. The molecule has 0 N–H and O–H groups in total. The van der Waals surface area contributed by atoms with E-state index in [1.54, 1.807) is 0 Å². The quantitative estimate of drug-likeness (QED) is 0.102. The van der Waals surface area contributed by atoms with E-state index in [0.717, 1.165) is 94.7 Å². The predicted octanol–water partition coefficient (Wildman–Crippen LogP) is 5.74. The summed E-state index contributed by atoms with van der Waals surface area (Å²) in [6.07, 6.45) is 10.5. The molecule has 0 aromatic heterocycles. The van der Waals surface area contributed by atoms with Crippen LogP contribution in [0.3, 0.4) is 0 Å². The molecule has 2 aliphatic carbocycles. The van der Waals surface area contributed by atoms with E-state index in [1.807, 2.05) is 58.3 Å². The smallest absolute Gasteiger partial charge is 0.373 e. The van der Waals surface area contributed by atoms with Gasteiger partial charge >= 0.3 is 29.6 Å². The van der Waals surface area contributed by atoms with Crippen LogP contribution in [0, 0.1) is 11.8 Å². The Labute approximate surface area is 351 Å². The molecule has 0 radical (unpaired) electrons. The van der Waals surface area contributed by atoms with Gasteiger partial charge in [0.05, 0.1) is 32.2 Å². The second-order valence-corrected chi connectivity index (χ2v) is 16.4. The van der Waals surface area contributed by atoms with E-state index in [9.17, 15) is 22.4 Å². The number of likely N-dealkylation sites (tertiary alicyclic amines) is 2. The number of halogens is 3. The number of hydrogen-bond acceptors (Lipinski definition) is 6. The average molecular weight is 819 g/mol. The fraction of sp³-hybridized carbons (Fsp3) is 0.611. The Morgan fingerprint density at radius 2 is 1.24 bits per heavy atom. The zero-order valence-electron chi connectivity index (χ0n) is 32.0. The van der Waals surface area contributed by atoms with Gasteiger partial charge in [-0.15, -0.1) is 0 Å². The Balaban J connectivity index is 0.000000328. The molecule has 2 saturated carbocycles. The van der Waals surface area contributed by atoms with Crippen molar-refractivity contribution in [1.82, 2.24) is 9.80 Å². The number of carbonyl (C=O) groups is 2. The Bertz CT molecular complexity index is 1730. The third-order valence-electron chi connectivity index (χ3n) is 10.6. The van der Waals surface area contributed by atoms with Crippen LogP contribution < -0.4 is 29.6 Å². The van der Waals surface area contributed by atoms with E-state index >= 15 is 0 Å². The van der Waals surface area contributed by atoms with Gasteiger partial charge in [0.25, 0.3) is 10.1 Å². The number of rotatable bonds is 9. The molecular weight excluding hydrogens is 769 g/mol. The normalized spacial score (nSPS) is 20.9. The van der Waals surface area contributed by atoms with Gasteiger partial charge in [-0.3, -0.25) is 23.1 Å². The van der Waals surface area contributed by atoms with Crippen LogP contribution in [-0.2, 0) is 34.7 Å². The molecular formula is C36H48Cl2FN8NaO5S. The van der Waals surface area contributed by atoms with Crippen LogP contribution >= 0.6 is 23.2 Å². The summed E-state index contributed by atoms with van der Waals surface area (Å²) in [5.74, 6) is 0.738. The summed E-state index contributed by atoms with van der Waals surface area (Å²) in [5, 5.41) is 5.05. The molecule has 290 valence electrons. The van der Waals surface area contributed by atoms with Gasteiger partial charge in [0.15, 0.2) is 0 Å². The standard InChI is InChI=1S/C18H24ClNO4S.C17H21ClN4O.CH3F.N3.Na/c1-25(22,23)24-13-14-4-2-11-20(12-14)17(21)18(9-3-10-18)15-5-7-16(19)8-6-15;18-15-6-4-14(5-7-15)17(8-2-9-17)16(23)22-10-1-3-13(12-22)11-20-21-19;1-2;1-3-2;/h5-8,14H,2-4,9-13H2,1H3;4-7,13H,1-3,8-12H2;1H3;;/q;;;-1;+1/t14-;13-;;;/m10.../s1/i;;1D;;. The van der Waals surface area contributed by atoms with Crippen LogP contribution in [0.4, 0.5) is 4.39 Å². The van der Waals surface area contributed by atoms with Crippen molar-refractivity contribution < 1.29 is 57.5 Å². The first-order valence-corrected chi connectivity index (χ1v) is 20.2. The Hall–Kier alpha value is -2.58. The number of nitrogens with zero attached hydrogens (tertiary/aromatic N) is 8. The van der Waals surface area contributed by atoms with E-state index in [2.05, 4.69) is 10.0 Å². The maximum Gasteiger partial charge on any atom is 1.00 e. The van der Waals surface area contributed by atoms with Crippen molar-refractivity contribution >= 4 is 45.1 Å². The molecule has 4 aliphatic rings.